The highest BCUT2D eigenvalue weighted by molar-refractivity contribution is 7.98. The number of amides is 2. The maximum absolute atomic E-state index is 14.1. The van der Waals surface area contributed by atoms with Crippen LogP contribution in [0.2, 0.25) is 0 Å². The number of anilines is 1. The van der Waals surface area contributed by atoms with Crippen molar-refractivity contribution in [1.82, 2.24) is 24.8 Å². The maximum Gasteiger partial charge on any atom is 0.410 e. The summed E-state index contributed by atoms with van der Waals surface area (Å²) in [6.07, 6.45) is 5.42. The van der Waals surface area contributed by atoms with Gasteiger partial charge in [0, 0.05) is 30.5 Å². The number of imidazole rings is 1. The van der Waals surface area contributed by atoms with Gasteiger partial charge in [-0.1, -0.05) is 11.8 Å². The molecule has 1 spiro atoms. The van der Waals surface area contributed by atoms with E-state index >= 15 is 0 Å². The summed E-state index contributed by atoms with van der Waals surface area (Å²) in [5.74, 6) is -0.0642. The summed E-state index contributed by atoms with van der Waals surface area (Å²) >= 11 is 1.44. The van der Waals surface area contributed by atoms with Gasteiger partial charge in [-0.2, -0.15) is 0 Å². The Morgan fingerprint density at radius 2 is 2.09 bits per heavy atom. The molecule has 172 valence electrons. The fourth-order valence-electron chi connectivity index (χ4n) is 4.58. The summed E-state index contributed by atoms with van der Waals surface area (Å²) in [6, 6.07) is 5.72. The van der Waals surface area contributed by atoms with Crippen LogP contribution < -0.4 is 4.90 Å². The van der Waals surface area contributed by atoms with Crippen LogP contribution >= 0.6 is 11.8 Å². The highest BCUT2D eigenvalue weighted by Gasteiger charge is 2.54. The molecule has 0 saturated carbocycles. The van der Waals surface area contributed by atoms with Crippen LogP contribution in [-0.2, 0) is 21.5 Å². The van der Waals surface area contributed by atoms with Crippen LogP contribution in [0.25, 0.3) is 11.0 Å². The van der Waals surface area contributed by atoms with E-state index in [0.717, 1.165) is 28.0 Å². The molecule has 9 nitrogen and oxygen atoms in total. The number of nitrogens with zero attached hydrogens (tertiary/aromatic N) is 5. The monoisotopic (exact) mass is 466 g/mol. The molecule has 4 heterocycles. The normalized spacial score (nSPS) is 20.5. The SMILES string of the molecule is CSc1ncc2c(n1)C1(CCN(C(=O)OC(C)(C)C)C1)C(=O)N(c1ccc3nc[nH]c3c1)C2. The Kier molecular flexibility index (Phi) is 5.08. The highest BCUT2D eigenvalue weighted by atomic mass is 32.2. The number of likely N-dealkylation sites (tertiary alicyclic amines) is 1. The maximum atomic E-state index is 14.1. The number of carbonyl (C=O) groups excluding carboxylic acids is 2. The minimum absolute atomic E-state index is 0.0642. The Morgan fingerprint density at radius 1 is 1.27 bits per heavy atom. The molecule has 2 aliphatic heterocycles. The molecule has 2 aliphatic rings. The molecule has 1 saturated heterocycles. The number of hydrogen-bond acceptors (Lipinski definition) is 7. The first-order valence-corrected chi connectivity index (χ1v) is 12.1. The number of nitrogens with one attached hydrogen (secondary N) is 1. The molecule has 0 bridgehead atoms. The van der Waals surface area contributed by atoms with E-state index in [1.165, 1.54) is 11.8 Å². The quantitative estimate of drug-likeness (QED) is 0.455. The summed E-state index contributed by atoms with van der Waals surface area (Å²) in [7, 11) is 0. The molecule has 1 unspecified atom stereocenters. The van der Waals surface area contributed by atoms with Crippen LogP contribution in [0.1, 0.15) is 38.4 Å². The number of fused-ring (bicyclic) bond motifs is 3. The number of rotatable bonds is 2. The van der Waals surface area contributed by atoms with Gasteiger partial charge in [-0.15, -0.1) is 0 Å². The number of aromatic amines is 1. The number of ether oxygens (including phenoxy) is 1. The Bertz CT molecular complexity index is 1250. The van der Waals surface area contributed by atoms with Crippen molar-refractivity contribution in [3.63, 3.8) is 0 Å². The first kappa shape index (κ1) is 21.7. The lowest BCUT2D eigenvalue weighted by Gasteiger charge is -2.40. The minimum Gasteiger partial charge on any atom is -0.444 e. The molecule has 0 radical (unpaired) electrons. The minimum atomic E-state index is -0.944. The summed E-state index contributed by atoms with van der Waals surface area (Å²) in [5.41, 5.74) is 2.52. The molecule has 2 aromatic heterocycles. The van der Waals surface area contributed by atoms with Crippen molar-refractivity contribution in [1.29, 1.82) is 0 Å². The Morgan fingerprint density at radius 3 is 2.85 bits per heavy atom. The number of thioether (sulfide) groups is 1. The lowest BCUT2D eigenvalue weighted by atomic mass is 9.77. The van der Waals surface area contributed by atoms with E-state index in [-0.39, 0.29) is 12.5 Å². The van der Waals surface area contributed by atoms with Crippen molar-refractivity contribution in [2.24, 2.45) is 0 Å². The molecular formula is C23H26N6O3S. The molecule has 3 aromatic rings. The number of hydrogen-bond donors (Lipinski definition) is 1. The van der Waals surface area contributed by atoms with Crippen molar-refractivity contribution in [2.45, 2.75) is 49.9 Å². The summed E-state index contributed by atoms with van der Waals surface area (Å²) in [4.78, 5) is 46.9. The van der Waals surface area contributed by atoms with Crippen LogP contribution in [0.3, 0.4) is 0 Å². The number of carbonyl (C=O) groups is 2. The lowest BCUT2D eigenvalue weighted by molar-refractivity contribution is -0.124. The lowest BCUT2D eigenvalue weighted by Crippen LogP contribution is -2.53. The van der Waals surface area contributed by atoms with Crippen LogP contribution in [0, 0.1) is 0 Å². The molecule has 1 aromatic carbocycles. The largest absolute Gasteiger partial charge is 0.444 e. The van der Waals surface area contributed by atoms with Gasteiger partial charge in [0.2, 0.25) is 5.91 Å². The summed E-state index contributed by atoms with van der Waals surface area (Å²) < 4.78 is 5.59. The Labute approximate surface area is 195 Å². The van der Waals surface area contributed by atoms with Crippen LogP contribution in [-0.4, -0.2) is 61.8 Å². The molecule has 0 aliphatic carbocycles. The molecule has 2 amide bonds. The predicted octanol–water partition coefficient (Wildman–Crippen LogP) is 3.50. The van der Waals surface area contributed by atoms with E-state index in [1.54, 1.807) is 22.3 Å². The molecule has 1 atom stereocenters. The van der Waals surface area contributed by atoms with Crippen molar-refractivity contribution >= 4 is 40.5 Å². The van der Waals surface area contributed by atoms with Gasteiger partial charge in [-0.25, -0.2) is 19.7 Å². The standard InChI is InChI=1S/C23H26N6O3S/c1-22(2,3)32-21(31)28-8-7-23(12-28)18-14(10-24-20(27-18)33-4)11-29(19(23)30)15-5-6-16-17(9-15)26-13-25-16/h5-6,9-10,13H,7-8,11-12H2,1-4H3,(H,25,26). The van der Waals surface area contributed by atoms with Crippen LogP contribution in [0.15, 0.2) is 35.9 Å². The van der Waals surface area contributed by atoms with E-state index in [4.69, 9.17) is 9.72 Å². The van der Waals surface area contributed by atoms with Gasteiger partial charge in [-0.05, 0) is 51.6 Å². The Balaban J connectivity index is 1.56. The van der Waals surface area contributed by atoms with Crippen molar-refractivity contribution < 1.29 is 14.3 Å². The van der Waals surface area contributed by atoms with Gasteiger partial charge in [-0.3, -0.25) is 4.79 Å². The third kappa shape index (κ3) is 3.72. The van der Waals surface area contributed by atoms with Gasteiger partial charge < -0.3 is 19.5 Å². The average molecular weight is 467 g/mol. The molecule has 33 heavy (non-hydrogen) atoms. The van der Waals surface area contributed by atoms with E-state index in [2.05, 4.69) is 15.0 Å². The third-order valence-corrected chi connectivity index (χ3v) is 6.66. The molecule has 5 rings (SSSR count). The van der Waals surface area contributed by atoms with Gasteiger partial charge in [0.15, 0.2) is 5.16 Å². The summed E-state index contributed by atoms with van der Waals surface area (Å²) in [5, 5.41) is 0.615. The third-order valence-electron chi connectivity index (χ3n) is 6.10. The van der Waals surface area contributed by atoms with E-state index < -0.39 is 17.1 Å². The zero-order valence-corrected chi connectivity index (χ0v) is 19.9. The smallest absolute Gasteiger partial charge is 0.410 e. The van der Waals surface area contributed by atoms with Gasteiger partial charge in [0.1, 0.15) is 11.0 Å². The molecular weight excluding hydrogens is 440 g/mol. The van der Waals surface area contributed by atoms with E-state index in [1.807, 2.05) is 45.2 Å². The molecule has 10 heteroatoms. The zero-order chi connectivity index (χ0) is 23.4. The van der Waals surface area contributed by atoms with E-state index in [0.29, 0.717) is 24.7 Å². The number of H-pyrrole nitrogens is 1. The number of aromatic nitrogens is 4. The van der Waals surface area contributed by atoms with Crippen LogP contribution in [0.5, 0.6) is 0 Å². The topological polar surface area (TPSA) is 104 Å². The fourth-order valence-corrected chi connectivity index (χ4v) is 4.92. The zero-order valence-electron chi connectivity index (χ0n) is 19.1. The Hall–Kier alpha value is -3.14. The second kappa shape index (κ2) is 7.72. The number of benzene rings is 1. The van der Waals surface area contributed by atoms with Gasteiger partial charge in [0.05, 0.1) is 29.6 Å². The predicted molar refractivity (Wildman–Crippen MR) is 125 cm³/mol. The first-order chi connectivity index (χ1) is 15.7. The summed E-state index contributed by atoms with van der Waals surface area (Å²) in [6.45, 7) is 6.53. The van der Waals surface area contributed by atoms with Crippen molar-refractivity contribution in [3.05, 3.63) is 42.0 Å². The van der Waals surface area contributed by atoms with Crippen LogP contribution in [0.4, 0.5) is 10.5 Å². The molecule has 1 fully saturated rings. The first-order valence-electron chi connectivity index (χ1n) is 10.8. The van der Waals surface area contributed by atoms with Crippen molar-refractivity contribution in [2.75, 3.05) is 24.2 Å². The van der Waals surface area contributed by atoms with Crippen molar-refractivity contribution in [3.8, 4) is 0 Å². The fraction of sp³-hybridized carbons (Fsp3) is 0.435. The highest BCUT2D eigenvalue weighted by Crippen LogP contribution is 2.43. The second-order valence-electron chi connectivity index (χ2n) is 9.46. The van der Waals surface area contributed by atoms with Gasteiger partial charge in [0.25, 0.3) is 0 Å². The van der Waals surface area contributed by atoms with Gasteiger partial charge >= 0.3 is 6.09 Å². The van der Waals surface area contributed by atoms with E-state index in [9.17, 15) is 9.59 Å². The average Bonchev–Trinajstić information content (AvgIpc) is 3.43. The molecule has 1 N–H and O–H groups in total. The second-order valence-corrected chi connectivity index (χ2v) is 10.2.